The molecule has 1 saturated heterocycles. The molecular formula is C28H25NO5. The van der Waals surface area contributed by atoms with Gasteiger partial charge in [-0.3, -0.25) is 19.3 Å². The molecule has 0 unspecified atom stereocenters. The number of ketones is 1. The smallest absolute Gasteiger partial charge is 0.323 e. The second kappa shape index (κ2) is 8.54. The fourth-order valence-electron chi connectivity index (χ4n) is 5.68. The fraction of sp³-hybridized carbons (Fsp3) is 0.250. The van der Waals surface area contributed by atoms with Crippen LogP contribution in [0.4, 0.5) is 0 Å². The van der Waals surface area contributed by atoms with Gasteiger partial charge in [0.05, 0.1) is 38.6 Å². The van der Waals surface area contributed by atoms with Crippen molar-refractivity contribution in [2.75, 3.05) is 20.8 Å². The molecule has 0 bridgehead atoms. The average molecular weight is 456 g/mol. The molecule has 6 heteroatoms. The van der Waals surface area contributed by atoms with Gasteiger partial charge in [0.15, 0.2) is 5.78 Å². The van der Waals surface area contributed by atoms with Gasteiger partial charge >= 0.3 is 11.9 Å². The quantitative estimate of drug-likeness (QED) is 0.548. The second-order valence-corrected chi connectivity index (χ2v) is 8.62. The van der Waals surface area contributed by atoms with Crippen molar-refractivity contribution < 1.29 is 23.9 Å². The normalized spacial score (nSPS) is 20.5. The van der Waals surface area contributed by atoms with Gasteiger partial charge in [-0.2, -0.15) is 0 Å². The van der Waals surface area contributed by atoms with Crippen LogP contribution in [-0.2, 0) is 29.4 Å². The number of carbonyl (C=O) groups is 3. The van der Waals surface area contributed by atoms with Crippen LogP contribution in [0.5, 0.6) is 0 Å². The van der Waals surface area contributed by atoms with Crippen LogP contribution < -0.4 is 0 Å². The lowest BCUT2D eigenvalue weighted by Gasteiger charge is -2.43. The van der Waals surface area contributed by atoms with Crippen LogP contribution in [0.3, 0.4) is 0 Å². The van der Waals surface area contributed by atoms with E-state index in [9.17, 15) is 14.4 Å². The predicted molar refractivity (Wildman–Crippen MR) is 126 cm³/mol. The number of methoxy groups -OCH3 is 2. The van der Waals surface area contributed by atoms with E-state index in [1.165, 1.54) is 14.2 Å². The van der Waals surface area contributed by atoms with Crippen molar-refractivity contribution in [2.45, 2.75) is 18.0 Å². The maximum atomic E-state index is 13.4. The number of rotatable bonds is 5. The molecule has 34 heavy (non-hydrogen) atoms. The summed E-state index contributed by atoms with van der Waals surface area (Å²) in [6, 6.07) is 25.1. The standard InChI is InChI=1S/C28H25NO5/c1-33-25(31)16-21-24(30)17-29(26(21)27(32)34-2)28(18-10-4-3-5-11-18)22-14-8-6-12-19(22)20-13-7-9-15-23(20)28/h3-15,21,26H,16-17H2,1-2H3/t21-,26-/m0/s1. The van der Waals surface area contributed by atoms with Crippen LogP contribution in [0.15, 0.2) is 78.9 Å². The van der Waals surface area contributed by atoms with Gasteiger partial charge < -0.3 is 9.47 Å². The first-order valence-electron chi connectivity index (χ1n) is 11.2. The summed E-state index contributed by atoms with van der Waals surface area (Å²) in [5.41, 5.74) is 4.11. The Labute approximate surface area is 198 Å². The number of carbonyl (C=O) groups excluding carboxylic acids is 3. The van der Waals surface area contributed by atoms with Crippen molar-refractivity contribution >= 4 is 17.7 Å². The molecule has 5 rings (SSSR count). The van der Waals surface area contributed by atoms with Gasteiger partial charge in [0.2, 0.25) is 0 Å². The summed E-state index contributed by atoms with van der Waals surface area (Å²) in [7, 11) is 2.59. The summed E-state index contributed by atoms with van der Waals surface area (Å²) in [6.45, 7) is -0.00100. The largest absolute Gasteiger partial charge is 0.469 e. The Kier molecular flexibility index (Phi) is 5.54. The van der Waals surface area contributed by atoms with E-state index in [1.807, 2.05) is 59.5 Å². The van der Waals surface area contributed by atoms with E-state index in [0.717, 1.165) is 27.8 Å². The molecule has 1 aliphatic carbocycles. The fourth-order valence-corrected chi connectivity index (χ4v) is 5.68. The number of nitrogens with zero attached hydrogens (tertiary/aromatic N) is 1. The van der Waals surface area contributed by atoms with Crippen LogP contribution >= 0.6 is 0 Å². The molecule has 0 amide bonds. The maximum absolute atomic E-state index is 13.4. The van der Waals surface area contributed by atoms with E-state index < -0.39 is 29.4 Å². The van der Waals surface area contributed by atoms with Gasteiger partial charge in [0.1, 0.15) is 6.04 Å². The van der Waals surface area contributed by atoms with Crippen molar-refractivity contribution in [3.05, 3.63) is 95.6 Å². The van der Waals surface area contributed by atoms with Crippen LogP contribution in [-0.4, -0.2) is 49.4 Å². The van der Waals surface area contributed by atoms with Crippen molar-refractivity contribution in [2.24, 2.45) is 5.92 Å². The molecule has 1 fully saturated rings. The van der Waals surface area contributed by atoms with Gasteiger partial charge in [-0.25, -0.2) is 0 Å². The van der Waals surface area contributed by atoms with Crippen molar-refractivity contribution in [1.82, 2.24) is 4.90 Å². The monoisotopic (exact) mass is 455 g/mol. The summed E-state index contributed by atoms with van der Waals surface area (Å²) in [6.07, 6.45) is -0.181. The van der Waals surface area contributed by atoms with Crippen LogP contribution in [0.2, 0.25) is 0 Å². The highest BCUT2D eigenvalue weighted by Crippen LogP contribution is 2.56. The molecule has 3 aromatic rings. The van der Waals surface area contributed by atoms with Crippen LogP contribution in [0, 0.1) is 5.92 Å². The molecule has 0 spiro atoms. The summed E-state index contributed by atoms with van der Waals surface area (Å²) < 4.78 is 10.0. The predicted octanol–water partition coefficient (Wildman–Crippen LogP) is 3.56. The molecular weight excluding hydrogens is 430 g/mol. The minimum Gasteiger partial charge on any atom is -0.469 e. The summed E-state index contributed by atoms with van der Waals surface area (Å²) in [4.78, 5) is 40.7. The Morgan fingerprint density at radius 2 is 1.41 bits per heavy atom. The van der Waals surface area contributed by atoms with Gasteiger partial charge in [0.25, 0.3) is 0 Å². The number of ether oxygens (including phenoxy) is 2. The minimum atomic E-state index is -0.948. The van der Waals surface area contributed by atoms with E-state index in [2.05, 4.69) is 24.3 Å². The number of esters is 2. The van der Waals surface area contributed by atoms with Gasteiger partial charge in [-0.1, -0.05) is 78.9 Å². The Morgan fingerprint density at radius 3 is 1.97 bits per heavy atom. The molecule has 172 valence electrons. The van der Waals surface area contributed by atoms with E-state index >= 15 is 0 Å². The first kappa shape index (κ1) is 22.0. The first-order valence-corrected chi connectivity index (χ1v) is 11.2. The summed E-state index contributed by atoms with van der Waals surface area (Å²) in [5.74, 6) is -2.12. The maximum Gasteiger partial charge on any atom is 0.323 e. The minimum absolute atomic E-state index is 0.00100. The molecule has 6 nitrogen and oxygen atoms in total. The molecule has 0 aromatic heterocycles. The molecule has 2 aliphatic rings. The molecule has 2 atom stereocenters. The second-order valence-electron chi connectivity index (χ2n) is 8.62. The third-order valence-corrected chi connectivity index (χ3v) is 7.06. The SMILES string of the molecule is COC(=O)C[C@H]1C(=O)CN(C2(c3ccccc3)c3ccccc3-c3ccccc32)[C@@H]1C(=O)OC. The number of benzene rings is 3. The third kappa shape index (κ3) is 3.10. The van der Waals surface area contributed by atoms with Crippen molar-refractivity contribution in [1.29, 1.82) is 0 Å². The highest BCUT2D eigenvalue weighted by molar-refractivity contribution is 5.97. The Hall–Kier alpha value is -3.77. The first-order chi connectivity index (χ1) is 16.5. The highest BCUT2D eigenvalue weighted by Gasteiger charge is 2.59. The van der Waals surface area contributed by atoms with Gasteiger partial charge in [0, 0.05) is 0 Å². The number of hydrogen-bond acceptors (Lipinski definition) is 6. The molecule has 1 heterocycles. The zero-order valence-corrected chi connectivity index (χ0v) is 19.1. The highest BCUT2D eigenvalue weighted by atomic mass is 16.5. The lowest BCUT2D eigenvalue weighted by atomic mass is 9.78. The molecule has 0 saturated carbocycles. The van der Waals surface area contributed by atoms with E-state index in [-0.39, 0.29) is 18.7 Å². The molecule has 0 N–H and O–H groups in total. The summed E-state index contributed by atoms with van der Waals surface area (Å²) >= 11 is 0. The summed E-state index contributed by atoms with van der Waals surface area (Å²) in [5, 5.41) is 0. The third-order valence-electron chi connectivity index (χ3n) is 7.06. The van der Waals surface area contributed by atoms with Crippen molar-refractivity contribution in [3.8, 4) is 11.1 Å². The molecule has 3 aromatic carbocycles. The molecule has 1 aliphatic heterocycles. The number of fused-ring (bicyclic) bond motifs is 3. The van der Waals surface area contributed by atoms with Gasteiger partial charge in [-0.15, -0.1) is 0 Å². The molecule has 0 radical (unpaired) electrons. The zero-order chi connectivity index (χ0) is 23.9. The van der Waals surface area contributed by atoms with Gasteiger partial charge in [-0.05, 0) is 27.8 Å². The Balaban J connectivity index is 1.81. The number of Topliss-reactive ketones (excluding diaryl/α,β-unsaturated/α-hetero) is 1. The average Bonchev–Trinajstić information content (AvgIpc) is 3.36. The topological polar surface area (TPSA) is 72.9 Å². The van der Waals surface area contributed by atoms with Crippen LogP contribution in [0.25, 0.3) is 11.1 Å². The lowest BCUT2D eigenvalue weighted by molar-refractivity contribution is -0.151. The number of likely N-dealkylation sites (tertiary alicyclic amines) is 1. The lowest BCUT2D eigenvalue weighted by Crippen LogP contribution is -2.53. The Morgan fingerprint density at radius 1 is 0.853 bits per heavy atom. The zero-order valence-electron chi connectivity index (χ0n) is 19.1. The van der Waals surface area contributed by atoms with Crippen LogP contribution in [0.1, 0.15) is 23.1 Å². The van der Waals surface area contributed by atoms with E-state index in [1.54, 1.807) is 0 Å². The van der Waals surface area contributed by atoms with Crippen molar-refractivity contribution in [3.63, 3.8) is 0 Å². The number of hydrogen-bond donors (Lipinski definition) is 0. The van der Waals surface area contributed by atoms with E-state index in [4.69, 9.17) is 9.47 Å². The Bertz CT molecular complexity index is 1220. The van der Waals surface area contributed by atoms with E-state index in [0.29, 0.717) is 0 Å².